The van der Waals surface area contributed by atoms with E-state index in [4.69, 9.17) is 0 Å². The van der Waals surface area contributed by atoms with Gasteiger partial charge in [0.1, 0.15) is 6.23 Å². The van der Waals surface area contributed by atoms with Crippen LogP contribution in [-0.2, 0) is 0 Å². The minimum Gasteiger partial charge on any atom is -0.379 e. The summed E-state index contributed by atoms with van der Waals surface area (Å²) in [7, 11) is 2.00. The summed E-state index contributed by atoms with van der Waals surface area (Å²) >= 11 is 0. The van der Waals surface area contributed by atoms with E-state index in [9.17, 15) is 5.11 Å². The zero-order chi connectivity index (χ0) is 8.27. The number of aliphatic hydroxyl groups excluding tert-OH is 1. The van der Waals surface area contributed by atoms with Crippen molar-refractivity contribution in [2.75, 3.05) is 20.1 Å². The van der Waals surface area contributed by atoms with Crippen LogP contribution in [0.4, 0.5) is 0 Å². The first-order valence-electron chi connectivity index (χ1n) is 4.33. The van der Waals surface area contributed by atoms with Crippen LogP contribution in [0.3, 0.4) is 0 Å². The van der Waals surface area contributed by atoms with Crippen molar-refractivity contribution in [2.24, 2.45) is 0 Å². The number of aliphatic hydroxyl groups is 1. The van der Waals surface area contributed by atoms with Crippen molar-refractivity contribution in [3.05, 3.63) is 0 Å². The minimum absolute atomic E-state index is 0.271. The molecule has 0 aromatic rings. The highest BCUT2D eigenvalue weighted by atomic mass is 16.3. The van der Waals surface area contributed by atoms with Crippen LogP contribution in [-0.4, -0.2) is 42.4 Å². The van der Waals surface area contributed by atoms with Crippen molar-refractivity contribution in [3.63, 3.8) is 0 Å². The predicted octanol–water partition coefficient (Wildman–Crippen LogP) is 0.00850. The van der Waals surface area contributed by atoms with Crippen LogP contribution in [0.1, 0.15) is 19.8 Å². The molecular weight excluding hydrogens is 140 g/mol. The van der Waals surface area contributed by atoms with Gasteiger partial charge in [0.25, 0.3) is 0 Å². The van der Waals surface area contributed by atoms with E-state index in [-0.39, 0.29) is 6.23 Å². The monoisotopic (exact) mass is 158 g/mol. The lowest BCUT2D eigenvalue weighted by Crippen LogP contribution is -2.44. The summed E-state index contributed by atoms with van der Waals surface area (Å²) in [6.07, 6.45) is 2.04. The lowest BCUT2D eigenvalue weighted by molar-refractivity contribution is 0.00162. The number of hydrogen-bond acceptors (Lipinski definition) is 3. The second kappa shape index (κ2) is 4.04. The summed E-state index contributed by atoms with van der Waals surface area (Å²) in [6.45, 7) is 3.87. The van der Waals surface area contributed by atoms with Crippen LogP contribution in [0.25, 0.3) is 0 Å². The maximum atomic E-state index is 9.24. The number of hydrogen-bond donors (Lipinski definition) is 2. The molecule has 2 N–H and O–H groups in total. The van der Waals surface area contributed by atoms with E-state index in [0.29, 0.717) is 6.04 Å². The highest BCUT2D eigenvalue weighted by Gasteiger charge is 2.19. The molecule has 1 fully saturated rings. The Morgan fingerprint density at radius 2 is 2.00 bits per heavy atom. The number of nitrogens with zero attached hydrogens (tertiary/aromatic N) is 1. The zero-order valence-electron chi connectivity index (χ0n) is 7.38. The smallest absolute Gasteiger partial charge is 0.104 e. The lowest BCUT2D eigenvalue weighted by atomic mass is 10.1. The molecule has 3 nitrogen and oxygen atoms in total. The molecule has 0 aromatic carbocycles. The van der Waals surface area contributed by atoms with Crippen LogP contribution in [0, 0.1) is 0 Å². The molecule has 3 heteroatoms. The van der Waals surface area contributed by atoms with Gasteiger partial charge in [-0.15, -0.1) is 0 Å². The average Bonchev–Trinajstić information content (AvgIpc) is 2.05. The Morgan fingerprint density at radius 1 is 1.45 bits per heavy atom. The van der Waals surface area contributed by atoms with Crippen LogP contribution in [0.5, 0.6) is 0 Å². The zero-order valence-corrected chi connectivity index (χ0v) is 7.38. The van der Waals surface area contributed by atoms with Gasteiger partial charge in [-0.3, -0.25) is 4.90 Å². The fourth-order valence-electron chi connectivity index (χ4n) is 1.56. The number of piperidine rings is 1. The van der Waals surface area contributed by atoms with Gasteiger partial charge in [0.15, 0.2) is 0 Å². The van der Waals surface area contributed by atoms with Crippen molar-refractivity contribution in [1.29, 1.82) is 0 Å². The van der Waals surface area contributed by atoms with Gasteiger partial charge in [-0.25, -0.2) is 0 Å². The van der Waals surface area contributed by atoms with Crippen molar-refractivity contribution in [1.82, 2.24) is 10.2 Å². The molecule has 1 unspecified atom stereocenters. The van der Waals surface area contributed by atoms with Gasteiger partial charge in [0.05, 0.1) is 0 Å². The SMILES string of the molecule is CNC1CCN(C(C)O)CC1. The van der Waals surface area contributed by atoms with E-state index in [0.717, 1.165) is 25.9 Å². The van der Waals surface area contributed by atoms with Gasteiger partial charge in [0, 0.05) is 19.1 Å². The lowest BCUT2D eigenvalue weighted by Gasteiger charge is -2.33. The highest BCUT2D eigenvalue weighted by Crippen LogP contribution is 2.11. The quantitative estimate of drug-likeness (QED) is 0.594. The van der Waals surface area contributed by atoms with Gasteiger partial charge in [-0.05, 0) is 26.8 Å². The molecule has 0 amide bonds. The van der Waals surface area contributed by atoms with E-state index in [1.165, 1.54) is 0 Å². The van der Waals surface area contributed by atoms with E-state index in [1.807, 2.05) is 14.0 Å². The molecule has 11 heavy (non-hydrogen) atoms. The van der Waals surface area contributed by atoms with Gasteiger partial charge < -0.3 is 10.4 Å². The van der Waals surface area contributed by atoms with Crippen LogP contribution < -0.4 is 5.32 Å². The summed E-state index contributed by atoms with van der Waals surface area (Å²) in [5.74, 6) is 0. The molecule has 66 valence electrons. The minimum atomic E-state index is -0.271. The largest absolute Gasteiger partial charge is 0.379 e. The molecule has 1 aliphatic heterocycles. The Morgan fingerprint density at radius 3 is 2.36 bits per heavy atom. The summed E-state index contributed by atoms with van der Waals surface area (Å²) in [4.78, 5) is 2.10. The second-order valence-corrected chi connectivity index (χ2v) is 3.23. The standard InChI is InChI=1S/C8H18N2O/c1-7(11)10-5-3-8(9-2)4-6-10/h7-9,11H,3-6H2,1-2H3. The summed E-state index contributed by atoms with van der Waals surface area (Å²) in [5.41, 5.74) is 0. The summed E-state index contributed by atoms with van der Waals surface area (Å²) < 4.78 is 0. The first-order chi connectivity index (χ1) is 5.24. The molecule has 1 atom stereocenters. The van der Waals surface area contributed by atoms with Crippen molar-refractivity contribution in [3.8, 4) is 0 Å². The third-order valence-electron chi connectivity index (χ3n) is 2.47. The van der Waals surface area contributed by atoms with Gasteiger partial charge >= 0.3 is 0 Å². The fraction of sp³-hybridized carbons (Fsp3) is 1.00. The van der Waals surface area contributed by atoms with Crippen molar-refractivity contribution < 1.29 is 5.11 Å². The van der Waals surface area contributed by atoms with Crippen LogP contribution in [0.15, 0.2) is 0 Å². The normalized spacial score (nSPS) is 25.4. The molecule has 1 saturated heterocycles. The van der Waals surface area contributed by atoms with Gasteiger partial charge in [-0.2, -0.15) is 0 Å². The van der Waals surface area contributed by atoms with Gasteiger partial charge in [0.2, 0.25) is 0 Å². The van der Waals surface area contributed by atoms with Crippen molar-refractivity contribution >= 4 is 0 Å². The highest BCUT2D eigenvalue weighted by molar-refractivity contribution is 4.75. The van der Waals surface area contributed by atoms with E-state index >= 15 is 0 Å². The fourth-order valence-corrected chi connectivity index (χ4v) is 1.56. The maximum absolute atomic E-state index is 9.24. The summed E-state index contributed by atoms with van der Waals surface area (Å²) in [5, 5.41) is 12.5. The van der Waals surface area contributed by atoms with Crippen LogP contribution >= 0.6 is 0 Å². The molecule has 1 rings (SSSR count). The van der Waals surface area contributed by atoms with Crippen LogP contribution in [0.2, 0.25) is 0 Å². The first-order valence-corrected chi connectivity index (χ1v) is 4.33. The Kier molecular flexibility index (Phi) is 3.30. The van der Waals surface area contributed by atoms with E-state index in [1.54, 1.807) is 0 Å². The second-order valence-electron chi connectivity index (χ2n) is 3.23. The molecule has 0 bridgehead atoms. The molecule has 0 spiro atoms. The third kappa shape index (κ3) is 2.43. The predicted molar refractivity (Wildman–Crippen MR) is 45.3 cm³/mol. The molecule has 1 aliphatic rings. The topological polar surface area (TPSA) is 35.5 Å². The third-order valence-corrected chi connectivity index (χ3v) is 2.47. The number of rotatable bonds is 2. The first kappa shape index (κ1) is 8.97. The molecule has 1 heterocycles. The van der Waals surface area contributed by atoms with E-state index < -0.39 is 0 Å². The Bertz CT molecular complexity index is 109. The van der Waals surface area contributed by atoms with Gasteiger partial charge in [-0.1, -0.05) is 0 Å². The Hall–Kier alpha value is -0.120. The Labute approximate surface area is 68.4 Å². The number of nitrogens with one attached hydrogen (secondary N) is 1. The molecular formula is C8H18N2O. The van der Waals surface area contributed by atoms with E-state index in [2.05, 4.69) is 10.2 Å². The average molecular weight is 158 g/mol. The Balaban J connectivity index is 2.24. The number of likely N-dealkylation sites (tertiary alicyclic amines) is 1. The molecule has 0 saturated carbocycles. The molecule has 0 aliphatic carbocycles. The molecule has 0 radical (unpaired) electrons. The van der Waals surface area contributed by atoms with Crippen molar-refractivity contribution in [2.45, 2.75) is 32.0 Å². The maximum Gasteiger partial charge on any atom is 0.104 e. The summed E-state index contributed by atoms with van der Waals surface area (Å²) in [6, 6.07) is 0.657. The molecule has 0 aromatic heterocycles.